The highest BCUT2D eigenvalue weighted by Crippen LogP contribution is 2.21. The number of unbranched alkanes of at least 4 members (excludes halogenated alkanes) is 1. The van der Waals surface area contributed by atoms with Crippen LogP contribution in [0.25, 0.3) is 10.2 Å². The number of fused-ring (bicyclic) bond motifs is 1. The molecule has 0 saturated carbocycles. The third kappa shape index (κ3) is 5.29. The summed E-state index contributed by atoms with van der Waals surface area (Å²) in [5, 5.41) is 1.74. The number of hydrogen-bond donors (Lipinski definition) is 0. The molecule has 0 aliphatic carbocycles. The minimum atomic E-state index is -0.549. The van der Waals surface area contributed by atoms with Crippen LogP contribution in [0.2, 0.25) is 0 Å². The minimum absolute atomic E-state index is 0.177. The van der Waals surface area contributed by atoms with E-state index in [1.165, 1.54) is 17.7 Å². The quantitative estimate of drug-likeness (QED) is 0.395. The van der Waals surface area contributed by atoms with E-state index in [9.17, 15) is 14.4 Å². The smallest absolute Gasteiger partial charge is 0.339 e. The van der Waals surface area contributed by atoms with Gasteiger partial charge in [0.05, 0.1) is 30.5 Å². The fourth-order valence-electron chi connectivity index (χ4n) is 2.73. The van der Waals surface area contributed by atoms with Crippen LogP contribution in [0.15, 0.2) is 46.8 Å². The number of carbonyl (C=O) groups is 2. The van der Waals surface area contributed by atoms with Gasteiger partial charge in [-0.2, -0.15) is 0 Å². The Hall–Kier alpha value is -3.00. The Bertz CT molecular complexity index is 1040. The number of carbonyl (C=O) groups excluding carboxylic acids is 2. The lowest BCUT2D eigenvalue weighted by molar-refractivity contribution is -0.144. The Labute approximate surface area is 171 Å². The van der Waals surface area contributed by atoms with Gasteiger partial charge in [0.2, 0.25) is 0 Å². The Morgan fingerprint density at radius 1 is 1.14 bits per heavy atom. The average Bonchev–Trinajstić information content (AvgIpc) is 3.16. The van der Waals surface area contributed by atoms with Gasteiger partial charge < -0.3 is 9.47 Å². The van der Waals surface area contributed by atoms with E-state index in [-0.39, 0.29) is 24.1 Å². The molecule has 2 heterocycles. The molecular weight excluding hydrogens is 392 g/mol. The molecule has 152 valence electrons. The minimum Gasteiger partial charge on any atom is -0.464 e. The van der Waals surface area contributed by atoms with Crippen molar-refractivity contribution >= 4 is 33.5 Å². The van der Waals surface area contributed by atoms with Gasteiger partial charge in [0, 0.05) is 11.8 Å². The molecule has 3 aromatic rings. The number of hydrogen-bond acceptors (Lipinski definition) is 7. The molecule has 0 N–H and O–H groups in total. The molecule has 0 amide bonds. The second-order valence-electron chi connectivity index (χ2n) is 6.45. The number of rotatable bonds is 9. The van der Waals surface area contributed by atoms with Crippen LogP contribution in [0.5, 0.6) is 0 Å². The van der Waals surface area contributed by atoms with Gasteiger partial charge in [-0.05, 0) is 12.0 Å². The zero-order valence-corrected chi connectivity index (χ0v) is 16.9. The van der Waals surface area contributed by atoms with E-state index in [4.69, 9.17) is 9.47 Å². The molecule has 29 heavy (non-hydrogen) atoms. The Kier molecular flexibility index (Phi) is 7.13. The summed E-state index contributed by atoms with van der Waals surface area (Å²) >= 11 is 1.19. The first-order chi connectivity index (χ1) is 14.1. The maximum atomic E-state index is 12.8. The predicted molar refractivity (Wildman–Crippen MR) is 110 cm³/mol. The van der Waals surface area contributed by atoms with Crippen molar-refractivity contribution in [1.82, 2.24) is 9.55 Å². The zero-order chi connectivity index (χ0) is 20.6. The van der Waals surface area contributed by atoms with E-state index in [1.807, 2.05) is 37.3 Å². The number of nitrogens with zero attached hydrogens (tertiary/aromatic N) is 2. The first-order valence-electron chi connectivity index (χ1n) is 9.43. The summed E-state index contributed by atoms with van der Waals surface area (Å²) in [4.78, 5) is 41.8. The summed E-state index contributed by atoms with van der Waals surface area (Å²) in [5.74, 6) is -1.08. The first-order valence-corrected chi connectivity index (χ1v) is 10.3. The molecule has 0 aliphatic rings. The molecule has 2 aromatic heterocycles. The monoisotopic (exact) mass is 414 g/mol. The molecule has 0 saturated heterocycles. The van der Waals surface area contributed by atoms with E-state index in [0.717, 1.165) is 23.0 Å². The standard InChI is InChI=1S/C21H22N2O5S/c1-2-3-10-28-21(26)16-13-29-19-18(16)20(25)23(14-22-19)12-17(24)27-11-9-15-7-5-4-6-8-15/h4-8,13-14H,2-3,9-12H2,1H3. The number of aromatic nitrogens is 2. The molecule has 7 nitrogen and oxygen atoms in total. The number of esters is 2. The van der Waals surface area contributed by atoms with Crippen molar-refractivity contribution in [2.45, 2.75) is 32.7 Å². The van der Waals surface area contributed by atoms with Crippen molar-refractivity contribution in [3.05, 3.63) is 63.5 Å². The van der Waals surface area contributed by atoms with Gasteiger partial charge in [-0.3, -0.25) is 14.2 Å². The van der Waals surface area contributed by atoms with Crippen molar-refractivity contribution in [2.24, 2.45) is 0 Å². The highest BCUT2D eigenvalue weighted by Gasteiger charge is 2.19. The lowest BCUT2D eigenvalue weighted by Crippen LogP contribution is -2.26. The molecule has 0 spiro atoms. The molecule has 8 heteroatoms. The van der Waals surface area contributed by atoms with Gasteiger partial charge in [-0.25, -0.2) is 9.78 Å². The third-order valence-corrected chi connectivity index (χ3v) is 5.19. The molecule has 0 fully saturated rings. The SMILES string of the molecule is CCCCOC(=O)c1csc2ncn(CC(=O)OCCc3ccccc3)c(=O)c12. The summed E-state index contributed by atoms with van der Waals surface area (Å²) in [7, 11) is 0. The lowest BCUT2D eigenvalue weighted by atomic mass is 10.2. The van der Waals surface area contributed by atoms with E-state index in [2.05, 4.69) is 4.98 Å². The van der Waals surface area contributed by atoms with Crippen LogP contribution >= 0.6 is 11.3 Å². The van der Waals surface area contributed by atoms with Gasteiger partial charge in [0.15, 0.2) is 0 Å². The lowest BCUT2D eigenvalue weighted by Gasteiger charge is -2.07. The van der Waals surface area contributed by atoms with Crippen LogP contribution in [0.4, 0.5) is 0 Å². The van der Waals surface area contributed by atoms with E-state index in [1.54, 1.807) is 5.38 Å². The van der Waals surface area contributed by atoms with Crippen molar-refractivity contribution < 1.29 is 19.1 Å². The van der Waals surface area contributed by atoms with Crippen LogP contribution < -0.4 is 5.56 Å². The van der Waals surface area contributed by atoms with Crippen molar-refractivity contribution in [3.63, 3.8) is 0 Å². The molecule has 3 rings (SSSR count). The Morgan fingerprint density at radius 3 is 2.69 bits per heavy atom. The average molecular weight is 414 g/mol. The van der Waals surface area contributed by atoms with E-state index >= 15 is 0 Å². The van der Waals surface area contributed by atoms with Crippen LogP contribution in [0, 0.1) is 0 Å². The molecule has 0 bridgehead atoms. The van der Waals surface area contributed by atoms with Crippen LogP contribution in [-0.2, 0) is 27.2 Å². The molecular formula is C21H22N2O5S. The Balaban J connectivity index is 1.67. The maximum Gasteiger partial charge on any atom is 0.339 e. The highest BCUT2D eigenvalue weighted by atomic mass is 32.1. The molecule has 0 atom stereocenters. The summed E-state index contributed by atoms with van der Waals surface area (Å²) in [5.41, 5.74) is 0.786. The first kappa shape index (κ1) is 20.7. The van der Waals surface area contributed by atoms with Crippen LogP contribution in [0.1, 0.15) is 35.7 Å². The van der Waals surface area contributed by atoms with Crippen molar-refractivity contribution in [3.8, 4) is 0 Å². The largest absolute Gasteiger partial charge is 0.464 e. The highest BCUT2D eigenvalue weighted by molar-refractivity contribution is 7.17. The summed E-state index contributed by atoms with van der Waals surface area (Å²) in [6.07, 6.45) is 3.55. The Morgan fingerprint density at radius 2 is 1.93 bits per heavy atom. The topological polar surface area (TPSA) is 87.5 Å². The number of thiophene rings is 1. The third-order valence-electron chi connectivity index (χ3n) is 4.31. The predicted octanol–water partition coefficient (Wildman–Crippen LogP) is 3.20. The molecule has 0 radical (unpaired) electrons. The number of benzene rings is 1. The normalized spacial score (nSPS) is 10.8. The van der Waals surface area contributed by atoms with Crippen LogP contribution in [-0.4, -0.2) is 34.7 Å². The second-order valence-corrected chi connectivity index (χ2v) is 7.31. The number of ether oxygens (including phenoxy) is 2. The van der Waals surface area contributed by atoms with Gasteiger partial charge in [-0.15, -0.1) is 11.3 Å². The van der Waals surface area contributed by atoms with E-state index in [0.29, 0.717) is 17.9 Å². The second kappa shape index (κ2) is 9.97. The van der Waals surface area contributed by atoms with Gasteiger partial charge >= 0.3 is 11.9 Å². The molecule has 1 aromatic carbocycles. The summed E-state index contributed by atoms with van der Waals surface area (Å²) in [6, 6.07) is 9.66. The fraction of sp³-hybridized carbons (Fsp3) is 0.333. The molecule has 0 aliphatic heterocycles. The van der Waals surface area contributed by atoms with Gasteiger partial charge in [0.1, 0.15) is 11.4 Å². The van der Waals surface area contributed by atoms with Gasteiger partial charge in [-0.1, -0.05) is 43.7 Å². The van der Waals surface area contributed by atoms with Crippen molar-refractivity contribution in [2.75, 3.05) is 13.2 Å². The molecule has 0 unspecified atom stereocenters. The zero-order valence-electron chi connectivity index (χ0n) is 16.1. The maximum absolute atomic E-state index is 12.8. The van der Waals surface area contributed by atoms with Crippen molar-refractivity contribution in [1.29, 1.82) is 0 Å². The van der Waals surface area contributed by atoms with Crippen LogP contribution in [0.3, 0.4) is 0 Å². The summed E-state index contributed by atoms with van der Waals surface area (Å²) < 4.78 is 11.6. The fourth-order valence-corrected chi connectivity index (χ4v) is 3.60. The van der Waals surface area contributed by atoms with Gasteiger partial charge in [0.25, 0.3) is 5.56 Å². The van der Waals surface area contributed by atoms with E-state index < -0.39 is 17.5 Å². The summed E-state index contributed by atoms with van der Waals surface area (Å²) in [6.45, 7) is 2.25.